The number of hydrogen-bond acceptors (Lipinski definition) is 3. The third-order valence-electron chi connectivity index (χ3n) is 6.05. The Bertz CT molecular complexity index is 1140. The first kappa shape index (κ1) is 24.7. The Hall–Kier alpha value is -3.40. The predicted octanol–water partition coefficient (Wildman–Crippen LogP) is 8.02. The minimum Gasteiger partial charge on any atom is -0.303 e. The van der Waals surface area contributed by atoms with Crippen molar-refractivity contribution in [2.24, 2.45) is 0 Å². The Balaban J connectivity index is 1.60. The summed E-state index contributed by atoms with van der Waals surface area (Å²) in [7, 11) is 0. The van der Waals surface area contributed by atoms with Crippen molar-refractivity contribution in [3.8, 4) is 0 Å². The van der Waals surface area contributed by atoms with Gasteiger partial charge in [-0.15, -0.1) is 6.58 Å². The number of rotatable bonds is 11. The van der Waals surface area contributed by atoms with E-state index in [1.807, 2.05) is 66.7 Å². The minimum absolute atomic E-state index is 0.0218. The molecule has 0 aliphatic heterocycles. The SMILES string of the molecule is C=CCC(CC(SC(=O)c1ccccc1)c1ccccc1)NC(c1ccccc1)c1ccccc1. The molecule has 35 heavy (non-hydrogen) atoms. The number of nitrogens with one attached hydrogen (secondary N) is 1. The van der Waals surface area contributed by atoms with Crippen LogP contribution in [0.5, 0.6) is 0 Å². The number of hydrogen-bond donors (Lipinski definition) is 1. The number of carbonyl (C=O) groups is 1. The lowest BCUT2D eigenvalue weighted by molar-refractivity contribution is 0.108. The first-order valence-corrected chi connectivity index (χ1v) is 12.9. The Labute approximate surface area is 213 Å². The predicted molar refractivity (Wildman–Crippen MR) is 149 cm³/mol. The van der Waals surface area contributed by atoms with E-state index in [0.29, 0.717) is 0 Å². The molecule has 0 aromatic heterocycles. The lowest BCUT2D eigenvalue weighted by atomic mass is 9.95. The molecule has 0 spiro atoms. The molecule has 0 heterocycles. The quantitative estimate of drug-likeness (QED) is 0.222. The van der Waals surface area contributed by atoms with Crippen molar-refractivity contribution in [1.29, 1.82) is 0 Å². The summed E-state index contributed by atoms with van der Waals surface area (Å²) in [6, 6.07) is 41.1. The molecule has 0 bridgehead atoms. The van der Waals surface area contributed by atoms with E-state index < -0.39 is 0 Å². The van der Waals surface area contributed by atoms with Crippen molar-refractivity contribution < 1.29 is 4.79 Å². The molecular weight excluding hydrogens is 446 g/mol. The zero-order valence-electron chi connectivity index (χ0n) is 19.8. The van der Waals surface area contributed by atoms with Crippen LogP contribution in [-0.2, 0) is 0 Å². The molecule has 0 aliphatic rings. The maximum Gasteiger partial charge on any atom is 0.219 e. The van der Waals surface area contributed by atoms with Crippen molar-refractivity contribution in [2.75, 3.05) is 0 Å². The molecule has 1 N–H and O–H groups in total. The van der Waals surface area contributed by atoms with E-state index in [-0.39, 0.29) is 22.4 Å². The summed E-state index contributed by atoms with van der Waals surface area (Å²) in [6.45, 7) is 4.03. The average Bonchev–Trinajstić information content (AvgIpc) is 2.93. The van der Waals surface area contributed by atoms with E-state index in [1.165, 1.54) is 22.9 Å². The molecule has 4 rings (SSSR count). The molecule has 0 amide bonds. The van der Waals surface area contributed by atoms with E-state index in [4.69, 9.17) is 0 Å². The van der Waals surface area contributed by atoms with Crippen molar-refractivity contribution in [1.82, 2.24) is 5.32 Å². The first-order valence-electron chi connectivity index (χ1n) is 12.0. The fraction of sp³-hybridized carbons (Fsp3) is 0.156. The second-order valence-electron chi connectivity index (χ2n) is 8.55. The van der Waals surface area contributed by atoms with Gasteiger partial charge in [-0.3, -0.25) is 4.79 Å². The van der Waals surface area contributed by atoms with Gasteiger partial charge < -0.3 is 5.32 Å². The van der Waals surface area contributed by atoms with Gasteiger partial charge in [-0.1, -0.05) is 139 Å². The highest BCUT2D eigenvalue weighted by Crippen LogP contribution is 2.37. The molecule has 4 aromatic rings. The van der Waals surface area contributed by atoms with Gasteiger partial charge in [0.2, 0.25) is 5.12 Å². The summed E-state index contributed by atoms with van der Waals surface area (Å²) in [4.78, 5) is 13.2. The van der Waals surface area contributed by atoms with Crippen LogP contribution in [0.3, 0.4) is 0 Å². The molecule has 0 saturated heterocycles. The van der Waals surface area contributed by atoms with Crippen LogP contribution >= 0.6 is 11.8 Å². The molecule has 0 saturated carbocycles. The van der Waals surface area contributed by atoms with Crippen LogP contribution in [0.2, 0.25) is 0 Å². The second-order valence-corrected chi connectivity index (χ2v) is 9.72. The lowest BCUT2D eigenvalue weighted by Crippen LogP contribution is -2.34. The van der Waals surface area contributed by atoms with Crippen LogP contribution in [0.15, 0.2) is 134 Å². The summed E-state index contributed by atoms with van der Waals surface area (Å²) in [5.74, 6) is 0. The van der Waals surface area contributed by atoms with Gasteiger partial charge in [0.1, 0.15) is 0 Å². The van der Waals surface area contributed by atoms with Gasteiger partial charge in [-0.2, -0.15) is 0 Å². The largest absolute Gasteiger partial charge is 0.303 e. The summed E-state index contributed by atoms with van der Waals surface area (Å²) in [5.41, 5.74) is 4.33. The van der Waals surface area contributed by atoms with Gasteiger partial charge in [0.15, 0.2) is 0 Å². The molecule has 0 radical (unpaired) electrons. The highest BCUT2D eigenvalue weighted by molar-refractivity contribution is 8.14. The van der Waals surface area contributed by atoms with Crippen LogP contribution < -0.4 is 5.32 Å². The average molecular weight is 478 g/mol. The Morgan fingerprint density at radius 1 is 0.714 bits per heavy atom. The number of benzene rings is 4. The molecule has 2 unspecified atom stereocenters. The van der Waals surface area contributed by atoms with E-state index >= 15 is 0 Å². The molecule has 4 aromatic carbocycles. The van der Waals surface area contributed by atoms with Gasteiger partial charge >= 0.3 is 0 Å². The van der Waals surface area contributed by atoms with Crippen LogP contribution in [0.25, 0.3) is 0 Å². The van der Waals surface area contributed by atoms with E-state index in [1.54, 1.807) is 0 Å². The number of carbonyl (C=O) groups excluding carboxylic acids is 1. The summed E-state index contributed by atoms with van der Waals surface area (Å²) in [6.07, 6.45) is 3.57. The van der Waals surface area contributed by atoms with Crippen LogP contribution in [-0.4, -0.2) is 11.2 Å². The van der Waals surface area contributed by atoms with Crippen LogP contribution in [0, 0.1) is 0 Å². The summed E-state index contributed by atoms with van der Waals surface area (Å²) < 4.78 is 0. The zero-order valence-corrected chi connectivity index (χ0v) is 20.6. The molecular formula is C32H31NOS. The molecule has 176 valence electrons. The lowest BCUT2D eigenvalue weighted by Gasteiger charge is -2.29. The summed E-state index contributed by atoms with van der Waals surface area (Å²) in [5, 5.41) is 4.02. The zero-order chi connectivity index (χ0) is 24.3. The van der Waals surface area contributed by atoms with Gasteiger partial charge in [-0.25, -0.2) is 0 Å². The van der Waals surface area contributed by atoms with Gasteiger partial charge in [-0.05, 0) is 29.5 Å². The fourth-order valence-electron chi connectivity index (χ4n) is 4.29. The Morgan fingerprint density at radius 2 is 1.17 bits per heavy atom. The van der Waals surface area contributed by atoms with Crippen molar-refractivity contribution in [3.63, 3.8) is 0 Å². The van der Waals surface area contributed by atoms with Gasteiger partial charge in [0.05, 0.1) is 6.04 Å². The standard InChI is InChI=1S/C32H31NOS/c1-2-15-29(33-31(26-18-9-4-10-19-26)27-20-11-5-12-21-27)24-30(25-16-7-3-8-17-25)35-32(34)28-22-13-6-14-23-28/h2-14,16-23,29-31,33H,1,15,24H2. The van der Waals surface area contributed by atoms with E-state index in [2.05, 4.69) is 72.6 Å². The molecule has 2 atom stereocenters. The fourth-order valence-corrected chi connectivity index (χ4v) is 5.45. The highest BCUT2D eigenvalue weighted by atomic mass is 32.2. The highest BCUT2D eigenvalue weighted by Gasteiger charge is 2.25. The maximum absolute atomic E-state index is 13.2. The first-order chi connectivity index (χ1) is 17.2. The maximum atomic E-state index is 13.2. The molecule has 0 aliphatic carbocycles. The second kappa shape index (κ2) is 12.9. The topological polar surface area (TPSA) is 29.1 Å². The van der Waals surface area contributed by atoms with E-state index in [0.717, 1.165) is 24.0 Å². The Kier molecular flexibility index (Phi) is 9.11. The minimum atomic E-state index is 0.0218. The van der Waals surface area contributed by atoms with Crippen LogP contribution in [0.1, 0.15) is 51.2 Å². The van der Waals surface area contributed by atoms with Crippen LogP contribution in [0.4, 0.5) is 0 Å². The van der Waals surface area contributed by atoms with Crippen molar-refractivity contribution in [3.05, 3.63) is 156 Å². The molecule has 3 heteroatoms. The third-order valence-corrected chi connectivity index (χ3v) is 7.25. The number of thioether (sulfide) groups is 1. The van der Waals surface area contributed by atoms with Crippen molar-refractivity contribution in [2.45, 2.75) is 30.2 Å². The monoisotopic (exact) mass is 477 g/mol. The van der Waals surface area contributed by atoms with Gasteiger partial charge in [0, 0.05) is 16.9 Å². The third kappa shape index (κ3) is 7.05. The smallest absolute Gasteiger partial charge is 0.219 e. The van der Waals surface area contributed by atoms with E-state index in [9.17, 15) is 4.79 Å². The normalized spacial score (nSPS) is 12.7. The van der Waals surface area contributed by atoms with Gasteiger partial charge in [0.25, 0.3) is 0 Å². The van der Waals surface area contributed by atoms with Crippen molar-refractivity contribution >= 4 is 16.9 Å². The molecule has 0 fully saturated rings. The Morgan fingerprint density at radius 3 is 1.66 bits per heavy atom. The summed E-state index contributed by atoms with van der Waals surface area (Å²) >= 11 is 1.41. The molecule has 2 nitrogen and oxygen atoms in total.